The van der Waals surface area contributed by atoms with Gasteiger partial charge in [-0.2, -0.15) is 0 Å². The minimum absolute atomic E-state index is 0.347. The van der Waals surface area contributed by atoms with Gasteiger partial charge in [-0.05, 0) is 31.8 Å². The van der Waals surface area contributed by atoms with Gasteiger partial charge in [0, 0.05) is 6.42 Å². The molecule has 0 aromatic carbocycles. The molecule has 1 saturated heterocycles. The summed E-state index contributed by atoms with van der Waals surface area (Å²) in [4.78, 5) is 12.1. The quantitative estimate of drug-likeness (QED) is 0.655. The third-order valence-corrected chi connectivity index (χ3v) is 3.67. The SMILES string of the molecule is C=C1CC(CC(C)C)CC(=O)[N+]1(C)CC. The van der Waals surface area contributed by atoms with E-state index < -0.39 is 0 Å². The predicted octanol–water partition coefficient (Wildman–Crippen LogP) is 2.95. The van der Waals surface area contributed by atoms with Crippen molar-refractivity contribution < 1.29 is 9.28 Å². The summed E-state index contributed by atoms with van der Waals surface area (Å²) in [5.74, 6) is 1.55. The molecule has 1 fully saturated rings. The number of hydrogen-bond donors (Lipinski definition) is 0. The summed E-state index contributed by atoms with van der Waals surface area (Å²) < 4.78 is 0.453. The molecular weight excluding hydrogens is 186 g/mol. The number of carbonyl (C=O) groups is 1. The molecule has 1 amide bonds. The van der Waals surface area contributed by atoms with Crippen molar-refractivity contribution in [3.05, 3.63) is 12.3 Å². The molecule has 2 unspecified atom stereocenters. The second kappa shape index (κ2) is 4.48. The lowest BCUT2D eigenvalue weighted by Gasteiger charge is -2.38. The Hall–Kier alpha value is -0.630. The third-order valence-electron chi connectivity index (χ3n) is 3.67. The van der Waals surface area contributed by atoms with Gasteiger partial charge >= 0.3 is 5.91 Å². The monoisotopic (exact) mass is 210 g/mol. The molecule has 0 aromatic heterocycles. The summed E-state index contributed by atoms with van der Waals surface area (Å²) in [5, 5.41) is 0. The van der Waals surface area contributed by atoms with E-state index in [4.69, 9.17) is 0 Å². The molecule has 0 aromatic rings. The van der Waals surface area contributed by atoms with Gasteiger partial charge in [-0.15, -0.1) is 0 Å². The van der Waals surface area contributed by atoms with Crippen LogP contribution in [0.15, 0.2) is 12.3 Å². The van der Waals surface area contributed by atoms with Gasteiger partial charge in [0.1, 0.15) is 5.70 Å². The molecule has 0 saturated carbocycles. The number of quaternary nitrogens is 1. The van der Waals surface area contributed by atoms with Crippen LogP contribution in [0.1, 0.15) is 40.0 Å². The summed E-state index contributed by atoms with van der Waals surface area (Å²) in [7, 11) is 2.00. The molecule has 86 valence electrons. The van der Waals surface area contributed by atoms with Gasteiger partial charge in [0.25, 0.3) is 0 Å². The minimum atomic E-state index is 0.347. The van der Waals surface area contributed by atoms with Gasteiger partial charge in [-0.25, -0.2) is 9.28 Å². The molecule has 1 aliphatic rings. The van der Waals surface area contributed by atoms with Gasteiger partial charge in [-0.1, -0.05) is 13.8 Å². The van der Waals surface area contributed by atoms with E-state index in [0.29, 0.717) is 22.2 Å². The molecule has 1 heterocycles. The van der Waals surface area contributed by atoms with Crippen molar-refractivity contribution in [2.24, 2.45) is 11.8 Å². The highest BCUT2D eigenvalue weighted by Gasteiger charge is 2.40. The van der Waals surface area contributed by atoms with Crippen LogP contribution in [0, 0.1) is 11.8 Å². The Morgan fingerprint density at radius 3 is 2.47 bits per heavy atom. The summed E-state index contributed by atoms with van der Waals surface area (Å²) in [5.41, 5.74) is 1.10. The number of piperidine rings is 1. The van der Waals surface area contributed by atoms with E-state index in [9.17, 15) is 4.79 Å². The van der Waals surface area contributed by atoms with Crippen molar-refractivity contribution in [3.63, 3.8) is 0 Å². The Morgan fingerprint density at radius 2 is 2.07 bits per heavy atom. The van der Waals surface area contributed by atoms with Gasteiger partial charge < -0.3 is 0 Å². The van der Waals surface area contributed by atoms with Gasteiger partial charge in [0.05, 0.1) is 20.0 Å². The summed E-state index contributed by atoms with van der Waals surface area (Å²) in [6, 6.07) is 0. The Morgan fingerprint density at radius 1 is 1.47 bits per heavy atom. The number of nitrogens with zero attached hydrogens (tertiary/aromatic N) is 1. The fourth-order valence-electron chi connectivity index (χ4n) is 2.46. The first kappa shape index (κ1) is 12.4. The van der Waals surface area contributed by atoms with E-state index in [2.05, 4.69) is 27.4 Å². The normalized spacial score (nSPS) is 32.5. The molecule has 2 atom stereocenters. The van der Waals surface area contributed by atoms with Crippen molar-refractivity contribution in [3.8, 4) is 0 Å². The first-order valence-corrected chi connectivity index (χ1v) is 5.97. The zero-order valence-electron chi connectivity index (χ0n) is 10.5. The van der Waals surface area contributed by atoms with Crippen LogP contribution >= 0.6 is 0 Å². The fraction of sp³-hybridized carbons (Fsp3) is 0.769. The molecular formula is C13H24NO+. The molecule has 0 spiro atoms. The maximum atomic E-state index is 12.1. The maximum absolute atomic E-state index is 12.1. The first-order chi connectivity index (χ1) is 6.90. The second-order valence-corrected chi connectivity index (χ2v) is 5.37. The Labute approximate surface area is 93.6 Å². The van der Waals surface area contributed by atoms with Crippen LogP contribution in [-0.4, -0.2) is 24.0 Å². The van der Waals surface area contributed by atoms with Crippen molar-refractivity contribution in [2.75, 3.05) is 13.6 Å². The van der Waals surface area contributed by atoms with Crippen LogP contribution < -0.4 is 0 Å². The summed E-state index contributed by atoms with van der Waals surface area (Å²) in [6.07, 6.45) is 2.91. The number of rotatable bonds is 3. The average molecular weight is 210 g/mol. The lowest BCUT2D eigenvalue weighted by Crippen LogP contribution is -2.51. The number of amides is 1. The van der Waals surface area contributed by atoms with Crippen LogP contribution in [0.2, 0.25) is 0 Å². The van der Waals surface area contributed by atoms with E-state index in [1.165, 1.54) is 0 Å². The Balaban J connectivity index is 2.71. The third kappa shape index (κ3) is 2.49. The van der Waals surface area contributed by atoms with Gasteiger partial charge in [0.2, 0.25) is 0 Å². The summed E-state index contributed by atoms with van der Waals surface area (Å²) >= 11 is 0. The van der Waals surface area contributed by atoms with Crippen molar-refractivity contribution in [1.82, 2.24) is 0 Å². The lowest BCUT2D eigenvalue weighted by atomic mass is 9.86. The molecule has 0 bridgehead atoms. The topological polar surface area (TPSA) is 17.1 Å². The van der Waals surface area contributed by atoms with Crippen molar-refractivity contribution in [2.45, 2.75) is 40.0 Å². The smallest absolute Gasteiger partial charge is 0.235 e. The van der Waals surface area contributed by atoms with Gasteiger partial charge in [0.15, 0.2) is 0 Å². The van der Waals surface area contributed by atoms with Crippen molar-refractivity contribution >= 4 is 5.91 Å². The Bertz CT molecular complexity index is 250. The average Bonchev–Trinajstić information content (AvgIpc) is 2.13. The largest absolute Gasteiger partial charge is 0.318 e. The van der Waals surface area contributed by atoms with Crippen LogP contribution in [0.3, 0.4) is 0 Å². The second-order valence-electron chi connectivity index (χ2n) is 5.37. The highest BCUT2D eigenvalue weighted by molar-refractivity contribution is 5.71. The van der Waals surface area contributed by atoms with Crippen LogP contribution in [0.5, 0.6) is 0 Å². The van der Waals surface area contributed by atoms with Gasteiger partial charge in [-0.3, -0.25) is 0 Å². The molecule has 1 aliphatic heterocycles. The van der Waals surface area contributed by atoms with Crippen molar-refractivity contribution in [1.29, 1.82) is 0 Å². The van der Waals surface area contributed by atoms with E-state index in [1.54, 1.807) is 0 Å². The number of hydrogen-bond acceptors (Lipinski definition) is 1. The fourth-order valence-corrected chi connectivity index (χ4v) is 2.46. The van der Waals surface area contributed by atoms with E-state index >= 15 is 0 Å². The standard InChI is InChI=1S/C13H24NO/c1-6-14(5)11(4)8-12(7-10(2)3)9-13(14)15/h10,12H,4,6-9H2,1-3,5H3/q+1. The van der Waals surface area contributed by atoms with Crippen LogP contribution in [-0.2, 0) is 4.79 Å². The zero-order chi connectivity index (χ0) is 11.6. The zero-order valence-corrected chi connectivity index (χ0v) is 10.5. The maximum Gasteiger partial charge on any atom is 0.318 e. The Kier molecular flexibility index (Phi) is 3.72. The number of carbonyl (C=O) groups excluding carboxylic acids is 1. The molecule has 0 N–H and O–H groups in total. The van der Waals surface area contributed by atoms with E-state index in [1.807, 2.05) is 7.05 Å². The minimum Gasteiger partial charge on any atom is -0.235 e. The van der Waals surface area contributed by atoms with E-state index in [-0.39, 0.29) is 0 Å². The van der Waals surface area contributed by atoms with E-state index in [0.717, 1.165) is 31.5 Å². The lowest BCUT2D eigenvalue weighted by molar-refractivity contribution is -0.799. The molecule has 2 heteroatoms. The summed E-state index contributed by atoms with van der Waals surface area (Å²) in [6.45, 7) is 11.4. The van der Waals surface area contributed by atoms with Crippen LogP contribution in [0.4, 0.5) is 0 Å². The first-order valence-electron chi connectivity index (χ1n) is 5.97. The molecule has 1 rings (SSSR count). The highest BCUT2D eigenvalue weighted by atomic mass is 16.2. The highest BCUT2D eigenvalue weighted by Crippen LogP contribution is 2.34. The molecule has 0 radical (unpaired) electrons. The number of allylic oxidation sites excluding steroid dienone is 1. The number of likely N-dealkylation sites (tertiary alicyclic amines) is 1. The molecule has 2 nitrogen and oxygen atoms in total. The predicted molar refractivity (Wildman–Crippen MR) is 63.1 cm³/mol. The molecule has 0 aliphatic carbocycles. The molecule has 15 heavy (non-hydrogen) atoms. The van der Waals surface area contributed by atoms with Crippen LogP contribution in [0.25, 0.3) is 0 Å².